The van der Waals surface area contributed by atoms with Crippen molar-refractivity contribution in [3.8, 4) is 10.4 Å². The van der Waals surface area contributed by atoms with Crippen molar-refractivity contribution in [1.29, 1.82) is 0 Å². The van der Waals surface area contributed by atoms with Crippen LogP contribution >= 0.6 is 34.7 Å². The van der Waals surface area contributed by atoms with Crippen molar-refractivity contribution in [2.75, 3.05) is 24.3 Å². The molecule has 1 aliphatic heterocycles. The van der Waals surface area contributed by atoms with Gasteiger partial charge < -0.3 is 14.8 Å². The van der Waals surface area contributed by atoms with Crippen LogP contribution in [0.15, 0.2) is 35.5 Å². The zero-order valence-corrected chi connectivity index (χ0v) is 19.6. The second-order valence-electron chi connectivity index (χ2n) is 6.92. The molecule has 1 atom stereocenters. The highest BCUT2D eigenvalue weighted by Crippen LogP contribution is 2.36. The fraction of sp³-hybridized carbons (Fsp3) is 0.333. The first-order valence-electron chi connectivity index (χ1n) is 10.1. The van der Waals surface area contributed by atoms with Crippen molar-refractivity contribution in [2.24, 2.45) is 0 Å². The number of benzene rings is 1. The normalized spacial score (nSPS) is 15.6. The average Bonchev–Trinajstić information content (AvgIpc) is 3.53. The minimum Gasteiger partial charge on any atom is -0.462 e. The molecule has 1 aliphatic rings. The summed E-state index contributed by atoms with van der Waals surface area (Å²) in [6.45, 7) is 2.70. The van der Waals surface area contributed by atoms with Crippen LogP contribution in [0.1, 0.15) is 41.4 Å². The summed E-state index contributed by atoms with van der Waals surface area (Å²) in [7, 11) is 0. The topological polar surface area (TPSA) is 106 Å². The number of aromatic nitrogens is 3. The molecule has 168 valence electrons. The highest BCUT2D eigenvalue weighted by Gasteiger charge is 2.23. The number of esters is 1. The van der Waals surface area contributed by atoms with E-state index in [9.17, 15) is 9.59 Å². The quantitative estimate of drug-likeness (QED) is 0.338. The molecular weight excluding hydrogens is 472 g/mol. The van der Waals surface area contributed by atoms with E-state index < -0.39 is 5.97 Å². The number of hydrogen-bond acceptors (Lipinski definition) is 8. The molecule has 0 spiro atoms. The molecule has 1 amide bonds. The zero-order valence-electron chi connectivity index (χ0n) is 17.2. The van der Waals surface area contributed by atoms with Gasteiger partial charge in [0.05, 0.1) is 18.0 Å². The van der Waals surface area contributed by atoms with E-state index in [1.807, 2.05) is 12.1 Å². The van der Waals surface area contributed by atoms with E-state index in [0.29, 0.717) is 26.6 Å². The minimum atomic E-state index is -0.476. The van der Waals surface area contributed by atoms with E-state index in [4.69, 9.17) is 21.1 Å². The molecule has 1 fully saturated rings. The van der Waals surface area contributed by atoms with Crippen LogP contribution in [0.5, 0.6) is 0 Å². The number of anilines is 1. The summed E-state index contributed by atoms with van der Waals surface area (Å²) in [5.41, 5.74) is 1.31. The van der Waals surface area contributed by atoms with Crippen LogP contribution in [0.4, 0.5) is 5.69 Å². The first-order chi connectivity index (χ1) is 15.5. The maximum Gasteiger partial charge on any atom is 0.350 e. The van der Waals surface area contributed by atoms with E-state index in [-0.39, 0.29) is 24.4 Å². The number of carbonyl (C=O) groups is 2. The van der Waals surface area contributed by atoms with Crippen LogP contribution in [0.2, 0.25) is 5.02 Å². The molecule has 0 radical (unpaired) electrons. The molecule has 11 heteroatoms. The van der Waals surface area contributed by atoms with E-state index >= 15 is 0 Å². The molecule has 8 nitrogen and oxygen atoms in total. The Morgan fingerprint density at radius 3 is 2.91 bits per heavy atom. The van der Waals surface area contributed by atoms with E-state index in [0.717, 1.165) is 29.9 Å². The summed E-state index contributed by atoms with van der Waals surface area (Å²) in [4.78, 5) is 30.6. The fourth-order valence-electron chi connectivity index (χ4n) is 3.16. The summed E-state index contributed by atoms with van der Waals surface area (Å²) in [6, 6.07) is 9.04. The van der Waals surface area contributed by atoms with Crippen molar-refractivity contribution in [1.82, 2.24) is 15.2 Å². The third kappa shape index (κ3) is 5.50. The SMILES string of the molecule is CCOC(=O)c1sc(-c2ccc(Cl)cc2)cc1NC(=O)CSc1n[nH]c(C2CCCO2)n1. The van der Waals surface area contributed by atoms with Gasteiger partial charge in [-0.1, -0.05) is 35.5 Å². The Morgan fingerprint density at radius 1 is 1.38 bits per heavy atom. The van der Waals surface area contributed by atoms with Crippen LogP contribution in [0.3, 0.4) is 0 Å². The third-order valence-corrected chi connectivity index (χ3v) is 6.91. The highest BCUT2D eigenvalue weighted by molar-refractivity contribution is 7.99. The Balaban J connectivity index is 1.44. The predicted molar refractivity (Wildman–Crippen MR) is 124 cm³/mol. The van der Waals surface area contributed by atoms with Crippen molar-refractivity contribution in [3.63, 3.8) is 0 Å². The molecule has 1 saturated heterocycles. The molecule has 3 heterocycles. The van der Waals surface area contributed by atoms with Crippen LogP contribution < -0.4 is 5.32 Å². The average molecular weight is 493 g/mol. The zero-order chi connectivity index (χ0) is 22.5. The maximum atomic E-state index is 12.6. The number of H-pyrrole nitrogens is 1. The van der Waals surface area contributed by atoms with E-state index in [1.165, 1.54) is 23.1 Å². The molecule has 32 heavy (non-hydrogen) atoms. The summed E-state index contributed by atoms with van der Waals surface area (Å²) >= 11 is 8.44. The van der Waals surface area contributed by atoms with Gasteiger partial charge in [0.15, 0.2) is 5.82 Å². The van der Waals surface area contributed by atoms with Crippen LogP contribution in [-0.4, -0.2) is 46.0 Å². The van der Waals surface area contributed by atoms with Gasteiger partial charge in [0.1, 0.15) is 11.0 Å². The standard InChI is InChI=1S/C21H21ClN4O4S2/c1-2-29-20(28)18-14(10-16(32-18)12-5-7-13(22)8-6-12)23-17(27)11-31-21-24-19(25-26-21)15-4-3-9-30-15/h5-8,10,15H,2-4,9,11H2,1H3,(H,23,27)(H,24,25,26). The third-order valence-electron chi connectivity index (χ3n) is 4.64. The Bertz CT molecular complexity index is 1090. The first kappa shape index (κ1) is 22.8. The van der Waals surface area contributed by atoms with Gasteiger partial charge in [-0.2, -0.15) is 0 Å². The second-order valence-corrected chi connectivity index (χ2v) is 9.35. The molecule has 0 saturated carbocycles. The Hall–Kier alpha value is -2.40. The number of carbonyl (C=O) groups excluding carboxylic acids is 2. The minimum absolute atomic E-state index is 0.0603. The number of nitrogens with zero attached hydrogens (tertiary/aromatic N) is 2. The number of nitrogens with one attached hydrogen (secondary N) is 2. The van der Waals surface area contributed by atoms with Crippen molar-refractivity contribution in [3.05, 3.63) is 46.1 Å². The lowest BCUT2D eigenvalue weighted by atomic mass is 10.2. The van der Waals surface area contributed by atoms with Crippen molar-refractivity contribution < 1.29 is 19.1 Å². The van der Waals surface area contributed by atoms with Gasteiger partial charge >= 0.3 is 5.97 Å². The monoisotopic (exact) mass is 492 g/mol. The van der Waals surface area contributed by atoms with Crippen LogP contribution in [0, 0.1) is 0 Å². The number of thioether (sulfide) groups is 1. The van der Waals surface area contributed by atoms with Crippen molar-refractivity contribution >= 4 is 52.3 Å². The van der Waals surface area contributed by atoms with E-state index in [2.05, 4.69) is 20.5 Å². The number of hydrogen-bond donors (Lipinski definition) is 2. The van der Waals surface area contributed by atoms with Gasteiger partial charge in [-0.25, -0.2) is 9.78 Å². The number of halogens is 1. The molecule has 4 rings (SSSR count). The number of rotatable bonds is 8. The highest BCUT2D eigenvalue weighted by atomic mass is 35.5. The lowest BCUT2D eigenvalue weighted by Crippen LogP contribution is -2.16. The Morgan fingerprint density at radius 2 is 2.19 bits per heavy atom. The second kappa shape index (κ2) is 10.5. The fourth-order valence-corrected chi connectivity index (χ4v) is 4.91. The van der Waals surface area contributed by atoms with Gasteiger partial charge in [0.25, 0.3) is 0 Å². The number of amides is 1. The molecule has 1 aromatic carbocycles. The van der Waals surface area contributed by atoms with Gasteiger partial charge in [-0.05, 0) is 43.5 Å². The molecular formula is C21H21ClN4O4S2. The predicted octanol–water partition coefficient (Wildman–Crippen LogP) is 4.95. The van der Waals surface area contributed by atoms with Gasteiger partial charge in [0, 0.05) is 16.5 Å². The van der Waals surface area contributed by atoms with Crippen LogP contribution in [-0.2, 0) is 14.3 Å². The van der Waals surface area contributed by atoms with E-state index in [1.54, 1.807) is 25.1 Å². The summed E-state index contributed by atoms with van der Waals surface area (Å²) in [5, 5.41) is 10.9. The summed E-state index contributed by atoms with van der Waals surface area (Å²) < 4.78 is 10.7. The van der Waals surface area contributed by atoms with Crippen LogP contribution in [0.25, 0.3) is 10.4 Å². The number of thiophene rings is 1. The molecule has 1 unspecified atom stereocenters. The molecule has 2 N–H and O–H groups in total. The molecule has 0 bridgehead atoms. The lowest BCUT2D eigenvalue weighted by Gasteiger charge is -2.05. The van der Waals surface area contributed by atoms with Gasteiger partial charge in [-0.15, -0.1) is 16.4 Å². The van der Waals surface area contributed by atoms with Crippen molar-refractivity contribution in [2.45, 2.75) is 31.0 Å². The summed E-state index contributed by atoms with van der Waals surface area (Å²) in [6.07, 6.45) is 1.84. The molecule has 3 aromatic rings. The smallest absolute Gasteiger partial charge is 0.350 e. The number of aromatic amines is 1. The largest absolute Gasteiger partial charge is 0.462 e. The summed E-state index contributed by atoms with van der Waals surface area (Å²) in [5.74, 6) is 0.0257. The molecule has 2 aromatic heterocycles. The Kier molecular flexibility index (Phi) is 7.46. The van der Waals surface area contributed by atoms with Gasteiger partial charge in [-0.3, -0.25) is 9.89 Å². The van der Waals surface area contributed by atoms with Gasteiger partial charge in [0.2, 0.25) is 11.1 Å². The lowest BCUT2D eigenvalue weighted by molar-refractivity contribution is -0.113. The maximum absolute atomic E-state index is 12.6. The number of ether oxygens (including phenoxy) is 2. The molecule has 0 aliphatic carbocycles. The first-order valence-corrected chi connectivity index (χ1v) is 12.2. The Labute approximate surface area is 198 Å².